The average Bonchev–Trinajstić information content (AvgIpc) is 2.86. The van der Waals surface area contributed by atoms with Crippen LogP contribution in [0.15, 0.2) is 0 Å². The molecule has 0 aromatic carbocycles. The number of carbonyl (C=O) groups excluding carboxylic acids is 2. The minimum absolute atomic E-state index is 0.0701. The molecule has 0 bridgehead atoms. The molecule has 5 heteroatoms. The van der Waals surface area contributed by atoms with E-state index in [2.05, 4.69) is 5.32 Å². The number of primary amides is 1. The molecule has 90 valence electrons. The van der Waals surface area contributed by atoms with Gasteiger partial charge in [0.2, 0.25) is 11.8 Å². The first-order chi connectivity index (χ1) is 7.68. The fraction of sp³-hybridized carbons (Fsp3) is 0.818. The molecule has 2 saturated heterocycles. The van der Waals surface area contributed by atoms with Crippen molar-refractivity contribution in [3.8, 4) is 0 Å². The molecule has 2 atom stereocenters. The highest BCUT2D eigenvalue weighted by Gasteiger charge is 2.33. The zero-order valence-corrected chi connectivity index (χ0v) is 9.45. The second-order valence-electron chi connectivity index (χ2n) is 4.64. The molecule has 0 saturated carbocycles. The third-order valence-electron chi connectivity index (χ3n) is 3.48. The molecule has 0 aliphatic carbocycles. The van der Waals surface area contributed by atoms with Crippen LogP contribution in [0.25, 0.3) is 0 Å². The van der Waals surface area contributed by atoms with E-state index in [1.807, 2.05) is 0 Å². The number of likely N-dealkylation sites (tertiary alicyclic amines) is 1. The third-order valence-corrected chi connectivity index (χ3v) is 3.48. The smallest absolute Gasteiger partial charge is 0.240 e. The quantitative estimate of drug-likeness (QED) is 0.686. The van der Waals surface area contributed by atoms with Gasteiger partial charge in [0.05, 0.1) is 0 Å². The molecule has 2 amide bonds. The number of amides is 2. The van der Waals surface area contributed by atoms with Gasteiger partial charge in [0.1, 0.15) is 6.04 Å². The summed E-state index contributed by atoms with van der Waals surface area (Å²) in [6, 6.07) is -0.0736. The summed E-state index contributed by atoms with van der Waals surface area (Å²) in [7, 11) is 0. The maximum Gasteiger partial charge on any atom is 0.240 e. The van der Waals surface area contributed by atoms with Crippen molar-refractivity contribution in [1.29, 1.82) is 0 Å². The van der Waals surface area contributed by atoms with E-state index in [1.165, 1.54) is 0 Å². The van der Waals surface area contributed by atoms with Crippen LogP contribution in [0.4, 0.5) is 0 Å². The molecule has 0 aromatic heterocycles. The highest BCUT2D eigenvalue weighted by Crippen LogP contribution is 2.19. The van der Waals surface area contributed by atoms with E-state index in [0.29, 0.717) is 19.0 Å². The van der Waals surface area contributed by atoms with E-state index >= 15 is 0 Å². The Labute approximate surface area is 95.3 Å². The van der Waals surface area contributed by atoms with Gasteiger partial charge >= 0.3 is 0 Å². The third kappa shape index (κ3) is 2.35. The number of nitrogens with zero attached hydrogens (tertiary/aromatic N) is 1. The van der Waals surface area contributed by atoms with Crippen molar-refractivity contribution in [2.45, 2.75) is 44.2 Å². The molecule has 2 heterocycles. The maximum absolute atomic E-state index is 12.0. The number of nitrogens with one attached hydrogen (secondary N) is 1. The van der Waals surface area contributed by atoms with E-state index in [9.17, 15) is 9.59 Å². The fourth-order valence-corrected chi connectivity index (χ4v) is 2.62. The van der Waals surface area contributed by atoms with Crippen molar-refractivity contribution >= 4 is 11.8 Å². The van der Waals surface area contributed by atoms with Crippen LogP contribution in [0.1, 0.15) is 32.1 Å². The van der Waals surface area contributed by atoms with E-state index in [0.717, 1.165) is 32.2 Å². The van der Waals surface area contributed by atoms with Gasteiger partial charge in [-0.25, -0.2) is 0 Å². The molecule has 16 heavy (non-hydrogen) atoms. The van der Waals surface area contributed by atoms with Crippen LogP contribution >= 0.6 is 0 Å². The Morgan fingerprint density at radius 2 is 2.12 bits per heavy atom. The van der Waals surface area contributed by atoms with Gasteiger partial charge in [0.15, 0.2) is 0 Å². The van der Waals surface area contributed by atoms with Gasteiger partial charge in [0, 0.05) is 19.0 Å². The Bertz CT molecular complexity index is 287. The molecule has 3 N–H and O–H groups in total. The molecule has 0 spiro atoms. The zero-order chi connectivity index (χ0) is 11.5. The van der Waals surface area contributed by atoms with Crippen LogP contribution in [-0.2, 0) is 9.59 Å². The lowest BCUT2D eigenvalue weighted by molar-refractivity contribution is -0.137. The van der Waals surface area contributed by atoms with E-state index in [-0.39, 0.29) is 17.9 Å². The van der Waals surface area contributed by atoms with Crippen molar-refractivity contribution in [3.63, 3.8) is 0 Å². The molecule has 2 unspecified atom stereocenters. The zero-order valence-electron chi connectivity index (χ0n) is 9.45. The van der Waals surface area contributed by atoms with Crippen molar-refractivity contribution in [2.75, 3.05) is 13.1 Å². The Balaban J connectivity index is 1.90. The number of rotatable bonds is 3. The Morgan fingerprint density at radius 3 is 2.75 bits per heavy atom. The molecule has 2 aliphatic heterocycles. The van der Waals surface area contributed by atoms with Crippen LogP contribution in [0.3, 0.4) is 0 Å². The van der Waals surface area contributed by atoms with Gasteiger partial charge in [-0.2, -0.15) is 0 Å². The topological polar surface area (TPSA) is 75.4 Å². The van der Waals surface area contributed by atoms with Crippen molar-refractivity contribution in [2.24, 2.45) is 5.73 Å². The minimum atomic E-state index is -0.370. The normalized spacial score (nSPS) is 29.6. The molecule has 0 aromatic rings. The standard InChI is InChI=1S/C11H19N3O2/c12-11(16)9-4-2-6-14(9)10(15)7-8-3-1-5-13-8/h8-9,13H,1-7H2,(H2,12,16). The lowest BCUT2D eigenvalue weighted by Gasteiger charge is -2.23. The second kappa shape index (κ2) is 4.82. The Hall–Kier alpha value is -1.10. The first-order valence-electron chi connectivity index (χ1n) is 6.00. The fourth-order valence-electron chi connectivity index (χ4n) is 2.62. The lowest BCUT2D eigenvalue weighted by Crippen LogP contribution is -2.45. The van der Waals surface area contributed by atoms with Gasteiger partial charge in [-0.05, 0) is 32.2 Å². The summed E-state index contributed by atoms with van der Waals surface area (Å²) in [6.07, 6.45) is 4.30. The SMILES string of the molecule is NC(=O)C1CCCN1C(=O)CC1CCCN1. The maximum atomic E-state index is 12.0. The van der Waals surface area contributed by atoms with Gasteiger partial charge in [0.25, 0.3) is 0 Å². The summed E-state index contributed by atoms with van der Waals surface area (Å²) in [5.74, 6) is -0.300. The van der Waals surface area contributed by atoms with Gasteiger partial charge < -0.3 is 16.0 Å². The van der Waals surface area contributed by atoms with Crippen LogP contribution in [-0.4, -0.2) is 41.9 Å². The van der Waals surface area contributed by atoms with Crippen LogP contribution < -0.4 is 11.1 Å². The summed E-state index contributed by atoms with van der Waals surface area (Å²) >= 11 is 0. The number of carbonyl (C=O) groups is 2. The van der Waals surface area contributed by atoms with Crippen LogP contribution in [0.5, 0.6) is 0 Å². The molecule has 2 rings (SSSR count). The lowest BCUT2D eigenvalue weighted by atomic mass is 10.1. The number of nitrogens with two attached hydrogens (primary N) is 1. The average molecular weight is 225 g/mol. The number of hydrogen-bond acceptors (Lipinski definition) is 3. The minimum Gasteiger partial charge on any atom is -0.368 e. The molecular weight excluding hydrogens is 206 g/mol. The summed E-state index contributed by atoms with van der Waals surface area (Å²) in [5, 5.41) is 3.29. The molecule has 2 fully saturated rings. The van der Waals surface area contributed by atoms with Crippen molar-refractivity contribution < 1.29 is 9.59 Å². The number of hydrogen-bond donors (Lipinski definition) is 2. The Morgan fingerprint density at radius 1 is 1.31 bits per heavy atom. The summed E-state index contributed by atoms with van der Waals surface area (Å²) in [5.41, 5.74) is 5.29. The first-order valence-corrected chi connectivity index (χ1v) is 6.00. The van der Waals surface area contributed by atoms with Crippen LogP contribution in [0.2, 0.25) is 0 Å². The monoisotopic (exact) mass is 225 g/mol. The molecule has 2 aliphatic rings. The molecule has 5 nitrogen and oxygen atoms in total. The summed E-state index contributed by atoms with van der Waals surface area (Å²) in [6.45, 7) is 1.68. The van der Waals surface area contributed by atoms with E-state index in [1.54, 1.807) is 4.90 Å². The largest absolute Gasteiger partial charge is 0.368 e. The highest BCUT2D eigenvalue weighted by atomic mass is 16.2. The van der Waals surface area contributed by atoms with E-state index in [4.69, 9.17) is 5.73 Å². The molecular formula is C11H19N3O2. The van der Waals surface area contributed by atoms with Gasteiger partial charge in [-0.1, -0.05) is 0 Å². The van der Waals surface area contributed by atoms with Gasteiger partial charge in [-0.15, -0.1) is 0 Å². The first kappa shape index (κ1) is 11.4. The predicted molar refractivity (Wildman–Crippen MR) is 59.6 cm³/mol. The second-order valence-corrected chi connectivity index (χ2v) is 4.64. The highest BCUT2D eigenvalue weighted by molar-refractivity contribution is 5.87. The van der Waals surface area contributed by atoms with Crippen molar-refractivity contribution in [3.05, 3.63) is 0 Å². The Kier molecular flexibility index (Phi) is 3.43. The van der Waals surface area contributed by atoms with Crippen molar-refractivity contribution in [1.82, 2.24) is 10.2 Å². The summed E-state index contributed by atoms with van der Waals surface area (Å²) in [4.78, 5) is 24.8. The van der Waals surface area contributed by atoms with Gasteiger partial charge in [-0.3, -0.25) is 9.59 Å². The molecule has 0 radical (unpaired) electrons. The predicted octanol–water partition coefficient (Wildman–Crippen LogP) is -0.395. The summed E-state index contributed by atoms with van der Waals surface area (Å²) < 4.78 is 0. The van der Waals surface area contributed by atoms with Crippen LogP contribution in [0, 0.1) is 0 Å². The van der Waals surface area contributed by atoms with E-state index < -0.39 is 0 Å².